The number of nitrogens with zero attached hydrogens (tertiary/aromatic N) is 3. The summed E-state index contributed by atoms with van der Waals surface area (Å²) in [5.74, 6) is 0.915. The molecule has 1 aliphatic rings. The maximum absolute atomic E-state index is 13.7. The van der Waals surface area contributed by atoms with Gasteiger partial charge in [0, 0.05) is 49.4 Å². The molecule has 0 saturated heterocycles. The number of aromatic nitrogens is 2. The van der Waals surface area contributed by atoms with Crippen LogP contribution in [0.1, 0.15) is 64.6 Å². The molecule has 0 aliphatic carbocycles. The summed E-state index contributed by atoms with van der Waals surface area (Å²) in [6.45, 7) is 12.7. The molecule has 1 aliphatic heterocycles. The Hall–Kier alpha value is -4.41. The number of nitrogens with one attached hydrogen (secondary N) is 1. The second-order valence-corrected chi connectivity index (χ2v) is 15.2. The van der Waals surface area contributed by atoms with Gasteiger partial charge in [0.15, 0.2) is 9.84 Å². The number of sulfone groups is 1. The first kappa shape index (κ1) is 36.9. The van der Waals surface area contributed by atoms with Crippen molar-refractivity contribution in [3.63, 3.8) is 0 Å². The molecule has 4 aromatic rings. The summed E-state index contributed by atoms with van der Waals surface area (Å²) in [6.07, 6.45) is 8.89. The minimum absolute atomic E-state index is 0.133. The van der Waals surface area contributed by atoms with Crippen molar-refractivity contribution < 1.29 is 22.7 Å². The highest BCUT2D eigenvalue weighted by molar-refractivity contribution is 7.90. The lowest BCUT2D eigenvalue weighted by Crippen LogP contribution is -2.29. The summed E-state index contributed by atoms with van der Waals surface area (Å²) < 4.78 is 39.7. The summed E-state index contributed by atoms with van der Waals surface area (Å²) in [7, 11) is -3.58. The lowest BCUT2D eigenvalue weighted by Gasteiger charge is -2.27. The van der Waals surface area contributed by atoms with Crippen molar-refractivity contribution in [2.45, 2.75) is 70.6 Å². The summed E-state index contributed by atoms with van der Waals surface area (Å²) >= 11 is 0. The van der Waals surface area contributed by atoms with Crippen molar-refractivity contribution in [3.8, 4) is 16.9 Å². The lowest BCUT2D eigenvalue weighted by atomic mass is 10.00. The van der Waals surface area contributed by atoms with E-state index in [1.165, 1.54) is 0 Å². The van der Waals surface area contributed by atoms with Crippen LogP contribution in [0.2, 0.25) is 0 Å². The fraction of sp³-hybridized carbons (Fsp3) is 0.400. The van der Waals surface area contributed by atoms with E-state index in [0.717, 1.165) is 60.5 Å². The van der Waals surface area contributed by atoms with Gasteiger partial charge in [0.2, 0.25) is 0 Å². The average molecular weight is 699 g/mol. The van der Waals surface area contributed by atoms with Gasteiger partial charge in [-0.1, -0.05) is 52.3 Å². The fourth-order valence-electron chi connectivity index (χ4n) is 6.04. The van der Waals surface area contributed by atoms with E-state index in [4.69, 9.17) is 9.47 Å². The number of fused-ring (bicyclic) bond motifs is 1. The minimum atomic E-state index is -3.58. The molecule has 266 valence electrons. The van der Waals surface area contributed by atoms with E-state index in [1.54, 1.807) is 36.8 Å². The zero-order valence-corrected chi connectivity index (χ0v) is 30.5. The van der Waals surface area contributed by atoms with E-state index in [-0.39, 0.29) is 16.6 Å². The highest BCUT2D eigenvalue weighted by atomic mass is 32.2. The van der Waals surface area contributed by atoms with Gasteiger partial charge in [0.05, 0.1) is 29.3 Å². The van der Waals surface area contributed by atoms with Crippen molar-refractivity contribution in [1.82, 2.24) is 9.55 Å². The predicted molar refractivity (Wildman–Crippen MR) is 201 cm³/mol. The smallest absolute Gasteiger partial charge is 0.251 e. The Morgan fingerprint density at radius 1 is 0.940 bits per heavy atom. The van der Waals surface area contributed by atoms with E-state index in [2.05, 4.69) is 66.3 Å². The first-order valence-electron chi connectivity index (χ1n) is 17.7. The Kier molecular flexibility index (Phi) is 12.9. The Morgan fingerprint density at radius 3 is 2.42 bits per heavy atom. The van der Waals surface area contributed by atoms with E-state index in [0.29, 0.717) is 55.6 Å². The molecule has 0 atom stereocenters. The minimum Gasteiger partial charge on any atom is -0.491 e. The van der Waals surface area contributed by atoms with E-state index in [1.807, 2.05) is 29.7 Å². The molecule has 0 saturated carbocycles. The number of amides is 1. The number of rotatable bonds is 17. The molecule has 2 heterocycles. The molecular formula is C40H50N4O5S. The van der Waals surface area contributed by atoms with Crippen molar-refractivity contribution >= 4 is 33.2 Å². The van der Waals surface area contributed by atoms with E-state index >= 15 is 0 Å². The number of aryl methyl sites for hydroxylation is 1. The number of hydrogen-bond acceptors (Lipinski definition) is 7. The molecule has 0 spiro atoms. The summed E-state index contributed by atoms with van der Waals surface area (Å²) in [5, 5.41) is 3.00. The number of carbonyl (C=O) groups is 1. The molecule has 9 nitrogen and oxygen atoms in total. The zero-order valence-electron chi connectivity index (χ0n) is 29.7. The fourth-order valence-corrected chi connectivity index (χ4v) is 7.39. The van der Waals surface area contributed by atoms with Crippen molar-refractivity contribution in [3.05, 3.63) is 96.1 Å². The van der Waals surface area contributed by atoms with Crippen molar-refractivity contribution in [2.24, 2.45) is 5.92 Å². The van der Waals surface area contributed by atoms with Gasteiger partial charge in [-0.05, 0) is 96.5 Å². The van der Waals surface area contributed by atoms with Gasteiger partial charge < -0.3 is 24.3 Å². The lowest BCUT2D eigenvalue weighted by molar-refractivity contribution is -0.112. The van der Waals surface area contributed by atoms with Crippen molar-refractivity contribution in [1.29, 1.82) is 0 Å². The molecule has 10 heteroatoms. The topological polar surface area (TPSA) is 103 Å². The molecule has 0 radical (unpaired) electrons. The quantitative estimate of drug-likeness (QED) is 0.111. The summed E-state index contributed by atoms with van der Waals surface area (Å²) in [6, 6.07) is 20.9. The third kappa shape index (κ3) is 9.85. The molecule has 3 aromatic carbocycles. The second-order valence-electron chi connectivity index (χ2n) is 13.2. The Balaban J connectivity index is 1.30. The van der Waals surface area contributed by atoms with Crippen LogP contribution in [0, 0.1) is 5.92 Å². The first-order valence-corrected chi connectivity index (χ1v) is 19.4. The van der Waals surface area contributed by atoms with Crippen LogP contribution >= 0.6 is 0 Å². The van der Waals surface area contributed by atoms with Gasteiger partial charge in [-0.25, -0.2) is 13.4 Å². The molecule has 5 rings (SSSR count). The maximum atomic E-state index is 13.7. The van der Waals surface area contributed by atoms with Gasteiger partial charge in [-0.15, -0.1) is 0 Å². The highest BCUT2D eigenvalue weighted by Crippen LogP contribution is 2.34. The second kappa shape index (κ2) is 17.5. The Labute approximate surface area is 297 Å². The van der Waals surface area contributed by atoms with Gasteiger partial charge in [-0.3, -0.25) is 4.79 Å². The van der Waals surface area contributed by atoms with Crippen LogP contribution in [0.5, 0.6) is 5.75 Å². The SMILES string of the molecule is CCCCOCCOc1ccc(-c2ccc3c(c2)C=C(C(=O)Nc2ccc(S(=O)(=O)Cc4cncn4CCC)cc2)CCN3CC(C)C)cc1. The number of unbranched alkanes of at least 4 members (excludes halogenated alkanes) is 1. The number of benzene rings is 3. The number of ether oxygens (including phenoxy) is 2. The molecule has 1 amide bonds. The molecule has 1 aromatic heterocycles. The van der Waals surface area contributed by atoms with Crippen LogP contribution in [0.25, 0.3) is 17.2 Å². The molecule has 0 bridgehead atoms. The third-order valence-corrected chi connectivity index (χ3v) is 10.3. The standard InChI is InChI=1S/C40H50N4O5S/c1-5-7-21-48-22-23-49-37-13-8-31(9-14-37)32-10-17-39-34(24-32)25-33(18-20-43(39)27-30(3)4)40(45)42-35-11-15-38(16-12-35)50(46,47)28-36-26-41-29-44(36)19-6-2/h8-17,24-26,29-30H,5-7,18-23,27-28H2,1-4H3,(H,42,45). The van der Waals surface area contributed by atoms with Crippen LogP contribution < -0.4 is 15.0 Å². The average Bonchev–Trinajstić information content (AvgIpc) is 3.44. The summed E-state index contributed by atoms with van der Waals surface area (Å²) in [4.78, 5) is 20.3. The van der Waals surface area contributed by atoms with Crippen LogP contribution in [-0.4, -0.2) is 56.8 Å². The molecular weight excluding hydrogens is 649 g/mol. The highest BCUT2D eigenvalue weighted by Gasteiger charge is 2.22. The molecule has 50 heavy (non-hydrogen) atoms. The Morgan fingerprint density at radius 2 is 1.70 bits per heavy atom. The predicted octanol–water partition coefficient (Wildman–Crippen LogP) is 8.02. The van der Waals surface area contributed by atoms with Gasteiger partial charge >= 0.3 is 0 Å². The van der Waals surface area contributed by atoms with Gasteiger partial charge in [0.25, 0.3) is 5.91 Å². The monoisotopic (exact) mass is 698 g/mol. The van der Waals surface area contributed by atoms with Gasteiger partial charge in [0.1, 0.15) is 12.4 Å². The number of anilines is 2. The normalized spacial score (nSPS) is 13.1. The summed E-state index contributed by atoms with van der Waals surface area (Å²) in [5.41, 5.74) is 6.06. The number of hydrogen-bond donors (Lipinski definition) is 1. The van der Waals surface area contributed by atoms with Crippen LogP contribution in [-0.2, 0) is 31.7 Å². The van der Waals surface area contributed by atoms with Crippen LogP contribution in [0.3, 0.4) is 0 Å². The Bertz CT molecular complexity index is 1850. The number of carbonyl (C=O) groups excluding carboxylic acids is 1. The number of imidazole rings is 1. The maximum Gasteiger partial charge on any atom is 0.251 e. The third-order valence-electron chi connectivity index (χ3n) is 8.62. The van der Waals surface area contributed by atoms with Crippen LogP contribution in [0.4, 0.5) is 11.4 Å². The molecule has 0 unspecified atom stereocenters. The molecule has 1 N–H and O–H groups in total. The zero-order chi connectivity index (χ0) is 35.5. The first-order chi connectivity index (χ1) is 24.2. The largest absolute Gasteiger partial charge is 0.491 e. The van der Waals surface area contributed by atoms with E-state index < -0.39 is 9.84 Å². The van der Waals surface area contributed by atoms with E-state index in [9.17, 15) is 13.2 Å². The van der Waals surface area contributed by atoms with Gasteiger partial charge in [-0.2, -0.15) is 0 Å². The van der Waals surface area contributed by atoms with Crippen molar-refractivity contribution in [2.75, 3.05) is 43.1 Å². The van der Waals surface area contributed by atoms with Crippen LogP contribution in [0.15, 0.2) is 89.7 Å². The molecule has 0 fully saturated rings.